The van der Waals surface area contributed by atoms with Crippen molar-refractivity contribution in [3.8, 4) is 0 Å². The van der Waals surface area contributed by atoms with Crippen molar-refractivity contribution >= 4 is 5.91 Å². The molecule has 0 aliphatic heterocycles. The highest BCUT2D eigenvalue weighted by Gasteiger charge is 2.04. The minimum Gasteiger partial charge on any atom is -0.352 e. The minimum atomic E-state index is 0.0369. The molecule has 0 saturated heterocycles. The van der Waals surface area contributed by atoms with Crippen LogP contribution in [0.2, 0.25) is 0 Å². The van der Waals surface area contributed by atoms with E-state index in [1.807, 2.05) is 26.2 Å². The van der Waals surface area contributed by atoms with Crippen LogP contribution in [0, 0.1) is 0 Å². The van der Waals surface area contributed by atoms with Crippen molar-refractivity contribution in [2.24, 2.45) is 0 Å². The summed E-state index contributed by atoms with van der Waals surface area (Å²) in [6.45, 7) is 3.98. The first kappa shape index (κ1) is 19.7. The molecule has 1 rings (SSSR count). The molecule has 1 amide bonds. The first-order chi connectivity index (χ1) is 11.1. The summed E-state index contributed by atoms with van der Waals surface area (Å²) in [7, 11) is 4.09. The highest BCUT2D eigenvalue weighted by Crippen LogP contribution is 2.11. The van der Waals surface area contributed by atoms with Crippen LogP contribution in [0.15, 0.2) is 24.3 Å². The predicted octanol–water partition coefficient (Wildman–Crippen LogP) is 4.27. The molecule has 0 aliphatic rings. The maximum absolute atomic E-state index is 12.0. The fraction of sp³-hybridized carbons (Fsp3) is 0.650. The largest absolute Gasteiger partial charge is 0.352 e. The van der Waals surface area contributed by atoms with Crippen molar-refractivity contribution in [3.05, 3.63) is 35.4 Å². The molecule has 0 bridgehead atoms. The Labute approximate surface area is 142 Å². The zero-order valence-electron chi connectivity index (χ0n) is 15.2. The van der Waals surface area contributed by atoms with Gasteiger partial charge in [-0.25, -0.2) is 0 Å². The minimum absolute atomic E-state index is 0.0369. The standard InChI is InChI=1S/C20H34N2O/c1-4-5-6-7-8-9-11-18-12-14-19(15-13-18)20(23)21-16-10-17-22(2)3/h12-15H,4-11,16-17H2,1-3H3,(H,21,23). The lowest BCUT2D eigenvalue weighted by Crippen LogP contribution is -2.27. The molecule has 0 aromatic heterocycles. The third-order valence-electron chi connectivity index (χ3n) is 4.10. The van der Waals surface area contributed by atoms with Gasteiger partial charge in [-0.3, -0.25) is 4.79 Å². The van der Waals surface area contributed by atoms with Crippen LogP contribution in [0.1, 0.15) is 67.8 Å². The Kier molecular flexibility index (Phi) is 10.4. The van der Waals surface area contributed by atoms with Crippen LogP contribution in [0.25, 0.3) is 0 Å². The van der Waals surface area contributed by atoms with Gasteiger partial charge in [0.25, 0.3) is 5.91 Å². The van der Waals surface area contributed by atoms with Crippen LogP contribution in [0.5, 0.6) is 0 Å². The van der Waals surface area contributed by atoms with Crippen molar-refractivity contribution < 1.29 is 4.79 Å². The molecule has 1 aromatic carbocycles. The van der Waals surface area contributed by atoms with Crippen molar-refractivity contribution in [1.82, 2.24) is 10.2 Å². The number of unbranched alkanes of at least 4 members (excludes halogenated alkanes) is 5. The van der Waals surface area contributed by atoms with Crippen LogP contribution in [-0.4, -0.2) is 38.0 Å². The molecule has 3 nitrogen and oxygen atoms in total. The molecule has 1 N–H and O–H groups in total. The fourth-order valence-corrected chi connectivity index (χ4v) is 2.63. The summed E-state index contributed by atoms with van der Waals surface area (Å²) in [4.78, 5) is 14.2. The number of amides is 1. The summed E-state index contributed by atoms with van der Waals surface area (Å²) in [6.07, 6.45) is 10.0. The summed E-state index contributed by atoms with van der Waals surface area (Å²) < 4.78 is 0. The van der Waals surface area contributed by atoms with Crippen LogP contribution >= 0.6 is 0 Å². The van der Waals surface area contributed by atoms with E-state index in [1.54, 1.807) is 0 Å². The van der Waals surface area contributed by atoms with Crippen molar-refractivity contribution in [2.45, 2.75) is 58.3 Å². The van der Waals surface area contributed by atoms with Crippen molar-refractivity contribution in [1.29, 1.82) is 0 Å². The van der Waals surface area contributed by atoms with Crippen LogP contribution in [0.3, 0.4) is 0 Å². The maximum atomic E-state index is 12.0. The fourth-order valence-electron chi connectivity index (χ4n) is 2.63. The smallest absolute Gasteiger partial charge is 0.251 e. The van der Waals surface area contributed by atoms with E-state index in [9.17, 15) is 4.79 Å². The summed E-state index contributed by atoms with van der Waals surface area (Å²) in [5, 5.41) is 2.98. The summed E-state index contributed by atoms with van der Waals surface area (Å²) >= 11 is 0. The Morgan fingerprint density at radius 2 is 1.61 bits per heavy atom. The molecule has 0 unspecified atom stereocenters. The number of carbonyl (C=O) groups excluding carboxylic acids is 1. The van der Waals surface area contributed by atoms with Crippen LogP contribution < -0.4 is 5.32 Å². The van der Waals surface area contributed by atoms with Gasteiger partial charge in [0.2, 0.25) is 0 Å². The Balaban J connectivity index is 2.22. The number of carbonyl (C=O) groups is 1. The van der Waals surface area contributed by atoms with E-state index in [2.05, 4.69) is 29.3 Å². The average molecular weight is 319 g/mol. The van der Waals surface area contributed by atoms with Gasteiger partial charge in [-0.15, -0.1) is 0 Å². The number of rotatable bonds is 12. The number of hydrogen-bond acceptors (Lipinski definition) is 2. The maximum Gasteiger partial charge on any atom is 0.251 e. The Morgan fingerprint density at radius 1 is 0.957 bits per heavy atom. The quantitative estimate of drug-likeness (QED) is 0.584. The molecule has 1 aromatic rings. The van der Waals surface area contributed by atoms with Gasteiger partial charge < -0.3 is 10.2 Å². The SMILES string of the molecule is CCCCCCCCc1ccc(C(=O)NCCCN(C)C)cc1. The van der Waals surface area contributed by atoms with Crippen molar-refractivity contribution in [3.63, 3.8) is 0 Å². The Morgan fingerprint density at radius 3 is 2.26 bits per heavy atom. The third-order valence-corrected chi connectivity index (χ3v) is 4.10. The molecule has 23 heavy (non-hydrogen) atoms. The first-order valence-corrected chi connectivity index (χ1v) is 9.15. The molecular weight excluding hydrogens is 284 g/mol. The first-order valence-electron chi connectivity index (χ1n) is 9.15. The highest BCUT2D eigenvalue weighted by molar-refractivity contribution is 5.94. The lowest BCUT2D eigenvalue weighted by molar-refractivity contribution is 0.0952. The lowest BCUT2D eigenvalue weighted by Gasteiger charge is -2.10. The molecule has 0 aliphatic carbocycles. The number of aryl methyl sites for hydroxylation is 1. The van der Waals surface area contributed by atoms with E-state index in [4.69, 9.17) is 0 Å². The van der Waals surface area contributed by atoms with Gasteiger partial charge >= 0.3 is 0 Å². The van der Waals surface area contributed by atoms with E-state index in [-0.39, 0.29) is 5.91 Å². The normalized spacial score (nSPS) is 11.0. The van der Waals surface area contributed by atoms with Gasteiger partial charge in [-0.2, -0.15) is 0 Å². The zero-order chi connectivity index (χ0) is 16.9. The second-order valence-corrected chi connectivity index (χ2v) is 6.63. The van der Waals surface area contributed by atoms with Crippen LogP contribution in [-0.2, 0) is 6.42 Å². The van der Waals surface area contributed by atoms with E-state index in [0.29, 0.717) is 0 Å². The second-order valence-electron chi connectivity index (χ2n) is 6.63. The van der Waals surface area contributed by atoms with E-state index >= 15 is 0 Å². The molecule has 0 heterocycles. The monoisotopic (exact) mass is 318 g/mol. The van der Waals surface area contributed by atoms with Crippen molar-refractivity contribution in [2.75, 3.05) is 27.2 Å². The van der Waals surface area contributed by atoms with E-state index < -0.39 is 0 Å². The molecule has 0 radical (unpaired) electrons. The number of nitrogens with zero attached hydrogens (tertiary/aromatic N) is 1. The molecule has 0 spiro atoms. The molecular formula is C20H34N2O. The van der Waals surface area contributed by atoms with Gasteiger partial charge in [0, 0.05) is 12.1 Å². The summed E-state index contributed by atoms with van der Waals surface area (Å²) in [5.74, 6) is 0.0369. The zero-order valence-corrected chi connectivity index (χ0v) is 15.2. The molecule has 0 saturated carbocycles. The third kappa shape index (κ3) is 9.39. The lowest BCUT2D eigenvalue weighted by atomic mass is 10.0. The Hall–Kier alpha value is -1.35. The number of nitrogens with one attached hydrogen (secondary N) is 1. The number of hydrogen-bond donors (Lipinski definition) is 1. The van der Waals surface area contributed by atoms with Gasteiger partial charge in [-0.05, 0) is 57.6 Å². The number of benzene rings is 1. The molecule has 0 atom stereocenters. The summed E-state index contributed by atoms with van der Waals surface area (Å²) in [6, 6.07) is 8.10. The molecule has 0 fully saturated rings. The predicted molar refractivity (Wildman–Crippen MR) is 99.0 cm³/mol. The average Bonchev–Trinajstić information content (AvgIpc) is 2.55. The summed E-state index contributed by atoms with van der Waals surface area (Å²) in [5.41, 5.74) is 2.10. The van der Waals surface area contributed by atoms with Gasteiger partial charge in [0.1, 0.15) is 0 Å². The van der Waals surface area contributed by atoms with Gasteiger partial charge in [0.05, 0.1) is 0 Å². The van der Waals surface area contributed by atoms with Crippen LogP contribution in [0.4, 0.5) is 0 Å². The van der Waals surface area contributed by atoms with E-state index in [0.717, 1.165) is 31.5 Å². The van der Waals surface area contributed by atoms with E-state index in [1.165, 1.54) is 44.1 Å². The molecule has 130 valence electrons. The second kappa shape index (κ2) is 12.1. The Bertz CT molecular complexity index is 426. The topological polar surface area (TPSA) is 32.3 Å². The van der Waals surface area contributed by atoms with Gasteiger partial charge in [0.15, 0.2) is 0 Å². The van der Waals surface area contributed by atoms with Gasteiger partial charge in [-0.1, -0.05) is 51.2 Å². The molecule has 3 heteroatoms. The highest BCUT2D eigenvalue weighted by atomic mass is 16.1.